The van der Waals surface area contributed by atoms with E-state index in [1.165, 1.54) is 48.5 Å². The molecule has 0 fully saturated rings. The van der Waals surface area contributed by atoms with Crippen molar-refractivity contribution in [1.82, 2.24) is 9.97 Å². The van der Waals surface area contributed by atoms with Crippen LogP contribution < -0.4 is 10.0 Å². The van der Waals surface area contributed by atoms with Gasteiger partial charge in [-0.3, -0.25) is 9.59 Å². The molecule has 0 aliphatic rings. The van der Waals surface area contributed by atoms with Gasteiger partial charge in [0.2, 0.25) is 11.7 Å². The van der Waals surface area contributed by atoms with Crippen molar-refractivity contribution in [3.63, 3.8) is 0 Å². The van der Waals surface area contributed by atoms with Gasteiger partial charge in [0.15, 0.2) is 0 Å². The van der Waals surface area contributed by atoms with Gasteiger partial charge < -0.3 is 10.4 Å². The topological polar surface area (TPSA) is 138 Å². The number of carbonyl (C=O) groups is 2. The Morgan fingerprint density at radius 3 is 2.12 bits per heavy atom. The third kappa shape index (κ3) is 6.37. The quantitative estimate of drug-likeness (QED) is 0.263. The van der Waals surface area contributed by atoms with E-state index in [-0.39, 0.29) is 16.5 Å². The summed E-state index contributed by atoms with van der Waals surface area (Å²) in [6, 6.07) is 12.9. The maximum absolute atomic E-state index is 12.6. The number of aliphatic hydroxyl groups is 1. The SMILES string of the molecule is Cc1cc(C)nc(NS(=O)(=O)c2ccc(NC(=O)C(=O)/C=C(\O)c3ccc(Cl)cc3)cc2)n1. The number of nitrogens with one attached hydrogen (secondary N) is 2. The van der Waals surface area contributed by atoms with Gasteiger partial charge in [-0.05, 0) is 68.4 Å². The summed E-state index contributed by atoms with van der Waals surface area (Å²) in [5, 5.41) is 12.8. The molecule has 0 spiro atoms. The van der Waals surface area contributed by atoms with Crippen molar-refractivity contribution in [2.75, 3.05) is 10.0 Å². The van der Waals surface area contributed by atoms with Crippen molar-refractivity contribution in [2.45, 2.75) is 18.7 Å². The molecule has 11 heteroatoms. The fraction of sp³-hybridized carbons (Fsp3) is 0.0909. The molecule has 0 atom stereocenters. The lowest BCUT2D eigenvalue weighted by Gasteiger charge is -2.09. The number of anilines is 2. The second kappa shape index (κ2) is 9.80. The highest BCUT2D eigenvalue weighted by molar-refractivity contribution is 7.92. The first-order valence-corrected chi connectivity index (χ1v) is 11.4. The Bertz CT molecular complexity index is 1320. The third-order valence-electron chi connectivity index (χ3n) is 4.26. The first-order chi connectivity index (χ1) is 15.5. The van der Waals surface area contributed by atoms with Crippen LogP contribution in [-0.4, -0.2) is 35.2 Å². The fourth-order valence-electron chi connectivity index (χ4n) is 2.75. The number of aliphatic hydroxyl groups excluding tert-OH is 1. The predicted octanol–water partition coefficient (Wildman–Crippen LogP) is 3.65. The molecule has 3 aromatic rings. The van der Waals surface area contributed by atoms with Gasteiger partial charge in [0.05, 0.1) is 4.90 Å². The van der Waals surface area contributed by atoms with Gasteiger partial charge in [-0.25, -0.2) is 23.1 Å². The van der Waals surface area contributed by atoms with Crippen molar-refractivity contribution in [3.8, 4) is 0 Å². The normalized spacial score (nSPS) is 11.7. The molecule has 0 aliphatic carbocycles. The number of hydrogen-bond donors (Lipinski definition) is 3. The van der Waals surface area contributed by atoms with Crippen LogP contribution in [0, 0.1) is 13.8 Å². The molecular formula is C22H19ClN4O5S. The van der Waals surface area contributed by atoms with Crippen molar-refractivity contribution in [2.24, 2.45) is 0 Å². The summed E-state index contributed by atoms with van der Waals surface area (Å²) in [5.41, 5.74) is 1.72. The van der Waals surface area contributed by atoms with Crippen LogP contribution in [0.5, 0.6) is 0 Å². The zero-order chi connectivity index (χ0) is 24.2. The number of aromatic nitrogens is 2. The Kier molecular flexibility index (Phi) is 7.10. The number of sulfonamides is 1. The monoisotopic (exact) mass is 486 g/mol. The van der Waals surface area contributed by atoms with E-state index in [2.05, 4.69) is 20.0 Å². The minimum Gasteiger partial charge on any atom is -0.507 e. The molecular weight excluding hydrogens is 468 g/mol. The van der Waals surface area contributed by atoms with Gasteiger partial charge in [0.1, 0.15) is 5.76 Å². The van der Waals surface area contributed by atoms with E-state index in [1.807, 2.05) is 0 Å². The Morgan fingerprint density at radius 2 is 1.55 bits per heavy atom. The standard InChI is InChI=1S/C22H19ClN4O5S/c1-13-11-14(2)25-22(24-13)27-33(31,32)18-9-7-17(8-10-18)26-21(30)20(29)12-19(28)15-3-5-16(23)6-4-15/h3-12,28H,1-2H3,(H,26,30)(H,24,25,27)/b19-12-. The molecule has 0 unspecified atom stereocenters. The number of benzene rings is 2. The summed E-state index contributed by atoms with van der Waals surface area (Å²) in [5.74, 6) is -2.45. The molecule has 0 aliphatic heterocycles. The number of ketones is 1. The lowest BCUT2D eigenvalue weighted by molar-refractivity contribution is -0.131. The minimum atomic E-state index is -3.96. The second-order valence-corrected chi connectivity index (χ2v) is 9.08. The lowest BCUT2D eigenvalue weighted by atomic mass is 10.1. The Morgan fingerprint density at radius 1 is 0.970 bits per heavy atom. The van der Waals surface area contributed by atoms with Crippen LogP contribution in [0.4, 0.5) is 11.6 Å². The number of halogens is 1. The molecule has 0 bridgehead atoms. The molecule has 9 nitrogen and oxygen atoms in total. The molecule has 3 rings (SSSR count). The molecule has 33 heavy (non-hydrogen) atoms. The summed E-state index contributed by atoms with van der Waals surface area (Å²) in [4.78, 5) is 32.2. The van der Waals surface area contributed by atoms with Crippen LogP contribution in [0.2, 0.25) is 5.02 Å². The highest BCUT2D eigenvalue weighted by Crippen LogP contribution is 2.18. The van der Waals surface area contributed by atoms with Gasteiger partial charge in [-0.1, -0.05) is 11.6 Å². The minimum absolute atomic E-state index is 0.0530. The van der Waals surface area contributed by atoms with Crippen molar-refractivity contribution in [1.29, 1.82) is 0 Å². The van der Waals surface area contributed by atoms with Crippen molar-refractivity contribution >= 4 is 50.7 Å². The number of nitrogens with zero attached hydrogens (tertiary/aromatic N) is 2. The van der Waals surface area contributed by atoms with E-state index in [0.717, 1.165) is 6.08 Å². The molecule has 1 amide bonds. The highest BCUT2D eigenvalue weighted by Gasteiger charge is 2.17. The van der Waals surface area contributed by atoms with E-state index in [1.54, 1.807) is 19.9 Å². The molecule has 2 aromatic carbocycles. The van der Waals surface area contributed by atoms with Gasteiger partial charge in [0.25, 0.3) is 15.9 Å². The Labute approximate surface area is 195 Å². The first-order valence-electron chi connectivity index (χ1n) is 9.50. The van der Waals surface area contributed by atoms with Crippen LogP contribution in [0.25, 0.3) is 5.76 Å². The average molecular weight is 487 g/mol. The largest absolute Gasteiger partial charge is 0.507 e. The summed E-state index contributed by atoms with van der Waals surface area (Å²) >= 11 is 5.77. The molecule has 3 N–H and O–H groups in total. The summed E-state index contributed by atoms with van der Waals surface area (Å²) < 4.78 is 27.4. The van der Waals surface area contributed by atoms with Gasteiger partial charge in [-0.15, -0.1) is 0 Å². The fourth-order valence-corrected chi connectivity index (χ4v) is 3.82. The Balaban J connectivity index is 1.68. The maximum Gasteiger partial charge on any atom is 0.296 e. The lowest BCUT2D eigenvalue weighted by Crippen LogP contribution is -2.21. The first kappa shape index (κ1) is 23.9. The number of aryl methyl sites for hydroxylation is 2. The zero-order valence-electron chi connectivity index (χ0n) is 17.5. The second-order valence-electron chi connectivity index (χ2n) is 6.96. The zero-order valence-corrected chi connectivity index (χ0v) is 19.1. The number of amides is 1. The predicted molar refractivity (Wildman–Crippen MR) is 124 cm³/mol. The average Bonchev–Trinajstić information content (AvgIpc) is 2.73. The number of hydrogen-bond acceptors (Lipinski definition) is 7. The van der Waals surface area contributed by atoms with Crippen molar-refractivity contribution in [3.05, 3.63) is 82.6 Å². The van der Waals surface area contributed by atoms with Crippen LogP contribution in [0.3, 0.4) is 0 Å². The maximum atomic E-state index is 12.6. The van der Waals surface area contributed by atoms with Gasteiger partial charge >= 0.3 is 0 Å². The summed E-state index contributed by atoms with van der Waals surface area (Å²) in [7, 11) is -3.96. The molecule has 1 aromatic heterocycles. The Hall–Kier alpha value is -3.76. The molecule has 0 saturated heterocycles. The van der Waals surface area contributed by atoms with E-state index in [0.29, 0.717) is 22.0 Å². The van der Waals surface area contributed by atoms with Crippen LogP contribution in [0.15, 0.2) is 65.6 Å². The summed E-state index contributed by atoms with van der Waals surface area (Å²) in [6.45, 7) is 3.44. The van der Waals surface area contributed by atoms with E-state index < -0.39 is 27.5 Å². The van der Waals surface area contributed by atoms with Crippen LogP contribution >= 0.6 is 11.6 Å². The number of rotatable bonds is 7. The smallest absolute Gasteiger partial charge is 0.296 e. The summed E-state index contributed by atoms with van der Waals surface area (Å²) in [6.07, 6.45) is 0.783. The highest BCUT2D eigenvalue weighted by atomic mass is 35.5. The third-order valence-corrected chi connectivity index (χ3v) is 5.86. The van der Waals surface area contributed by atoms with Crippen LogP contribution in [-0.2, 0) is 19.6 Å². The van der Waals surface area contributed by atoms with E-state index in [4.69, 9.17) is 11.6 Å². The molecule has 0 saturated carbocycles. The number of carbonyl (C=O) groups excluding carboxylic acids is 2. The van der Waals surface area contributed by atoms with E-state index >= 15 is 0 Å². The van der Waals surface area contributed by atoms with Gasteiger partial charge in [-0.2, -0.15) is 0 Å². The van der Waals surface area contributed by atoms with Gasteiger partial charge in [0, 0.05) is 33.7 Å². The molecule has 0 radical (unpaired) electrons. The molecule has 1 heterocycles. The van der Waals surface area contributed by atoms with Crippen LogP contribution in [0.1, 0.15) is 17.0 Å². The molecule has 170 valence electrons. The van der Waals surface area contributed by atoms with Crippen molar-refractivity contribution < 1.29 is 23.1 Å². The van der Waals surface area contributed by atoms with E-state index in [9.17, 15) is 23.1 Å².